The van der Waals surface area contributed by atoms with Crippen molar-refractivity contribution in [1.82, 2.24) is 4.98 Å². The van der Waals surface area contributed by atoms with Crippen LogP contribution in [0.1, 0.15) is 103 Å². The predicted molar refractivity (Wildman–Crippen MR) is 164 cm³/mol. The van der Waals surface area contributed by atoms with Gasteiger partial charge in [0.05, 0.1) is 12.2 Å². The average molecular weight is 721 g/mol. The Morgan fingerprint density at radius 2 is 1.45 bits per heavy atom. The molecule has 3 nitrogen and oxygen atoms in total. The molecule has 2 aliphatic rings. The number of benzene rings is 2. The maximum atomic E-state index is 10.7. The van der Waals surface area contributed by atoms with Gasteiger partial charge in [-0.3, -0.25) is 0 Å². The van der Waals surface area contributed by atoms with E-state index in [0.29, 0.717) is 11.8 Å². The van der Waals surface area contributed by atoms with E-state index in [0.717, 1.165) is 55.3 Å². The summed E-state index contributed by atoms with van der Waals surface area (Å²) in [6.45, 7) is 17.4. The zero-order valence-corrected chi connectivity index (χ0v) is 28.2. The van der Waals surface area contributed by atoms with E-state index < -0.39 is 0 Å². The molecule has 2 atom stereocenters. The predicted octanol–water partition coefficient (Wildman–Crippen LogP) is 8.80. The molecule has 2 unspecified atom stereocenters. The van der Waals surface area contributed by atoms with Crippen LogP contribution in [0.4, 0.5) is 0 Å². The van der Waals surface area contributed by atoms with Crippen molar-refractivity contribution in [2.45, 2.75) is 112 Å². The Labute approximate surface area is 256 Å². The van der Waals surface area contributed by atoms with E-state index in [1.54, 1.807) is 0 Å². The first-order valence-corrected chi connectivity index (χ1v) is 15.3. The first-order chi connectivity index (χ1) is 18.5. The van der Waals surface area contributed by atoms with E-state index >= 15 is 0 Å². The molecule has 1 heterocycles. The molecule has 40 heavy (non-hydrogen) atoms. The number of hydrogen-bond acceptors (Lipinski definition) is 3. The third-order valence-corrected chi connectivity index (χ3v) is 10.5. The second-order valence-electron chi connectivity index (χ2n) is 12.8. The molecular weight excluding hydrogens is 671 g/mol. The van der Waals surface area contributed by atoms with Crippen molar-refractivity contribution in [1.29, 1.82) is 0 Å². The van der Waals surface area contributed by atoms with E-state index in [-0.39, 0.29) is 49.1 Å². The maximum absolute atomic E-state index is 10.7. The first kappa shape index (κ1) is 32.9. The minimum Gasteiger partial charge on any atom is -0.392 e. The summed E-state index contributed by atoms with van der Waals surface area (Å²) >= 11 is 0. The molecule has 2 N–H and O–H groups in total. The Kier molecular flexibility index (Phi) is 10.8. The Balaban J connectivity index is 0.000000218. The number of aryl methyl sites for hydroxylation is 2. The van der Waals surface area contributed by atoms with Crippen LogP contribution in [-0.2, 0) is 20.1 Å². The second kappa shape index (κ2) is 13.2. The van der Waals surface area contributed by atoms with Gasteiger partial charge < -0.3 is 15.2 Å². The average Bonchev–Trinajstić information content (AvgIpc) is 3.37. The van der Waals surface area contributed by atoms with Crippen LogP contribution in [0, 0.1) is 42.6 Å². The third-order valence-electron chi connectivity index (χ3n) is 10.5. The summed E-state index contributed by atoms with van der Waals surface area (Å²) in [5, 5.41) is 23.9. The van der Waals surface area contributed by atoms with Gasteiger partial charge in [-0.05, 0) is 89.3 Å². The standard InChI is InChI=1S/C20H20N.C16H30O2.Ir/c1-13(2)16-5-6-19-17(12-16)7-8-21-20(19)18-10-14(3)9-15(4)11-18;1-5-15(6-2)9-11-10-16(7-3,8-4)14(18)12(11)13(15)17;/h5-10,12-13H,1-4H3;11-14,17-18H,5-10H2,1-4H3;/q-1;;. The van der Waals surface area contributed by atoms with E-state index in [2.05, 4.69) is 103 Å². The van der Waals surface area contributed by atoms with Gasteiger partial charge in [0.25, 0.3) is 0 Å². The molecule has 4 heteroatoms. The Hall–Kier alpha value is -1.58. The number of nitrogens with zero attached hydrogens (tertiary/aromatic N) is 1. The van der Waals surface area contributed by atoms with Crippen LogP contribution in [0.5, 0.6) is 0 Å². The van der Waals surface area contributed by atoms with Crippen molar-refractivity contribution in [3.05, 3.63) is 65.4 Å². The molecule has 1 aromatic heterocycles. The number of hydrogen-bond donors (Lipinski definition) is 2. The van der Waals surface area contributed by atoms with E-state index in [9.17, 15) is 10.2 Å². The summed E-state index contributed by atoms with van der Waals surface area (Å²) < 4.78 is 0. The Bertz CT molecular complexity index is 1230. The van der Waals surface area contributed by atoms with Gasteiger partial charge in [-0.15, -0.1) is 34.9 Å². The number of aromatic nitrogens is 1. The van der Waals surface area contributed by atoms with E-state index in [1.165, 1.54) is 21.9 Å². The quantitative estimate of drug-likeness (QED) is 0.251. The van der Waals surface area contributed by atoms with Crippen molar-refractivity contribution >= 4 is 10.8 Å². The van der Waals surface area contributed by atoms with Gasteiger partial charge in [-0.1, -0.05) is 73.6 Å². The smallest absolute Gasteiger partial charge is 0.0651 e. The van der Waals surface area contributed by atoms with Gasteiger partial charge in [0.1, 0.15) is 0 Å². The number of aliphatic hydroxyl groups is 2. The molecule has 1 radical (unpaired) electrons. The Morgan fingerprint density at radius 3 is 1.93 bits per heavy atom. The molecule has 0 aliphatic heterocycles. The van der Waals surface area contributed by atoms with Gasteiger partial charge in [0.15, 0.2) is 0 Å². The Morgan fingerprint density at radius 1 is 0.875 bits per heavy atom. The van der Waals surface area contributed by atoms with Crippen molar-refractivity contribution in [2.24, 2.45) is 22.7 Å². The van der Waals surface area contributed by atoms with Crippen LogP contribution in [0.2, 0.25) is 0 Å². The first-order valence-electron chi connectivity index (χ1n) is 15.3. The molecule has 0 spiro atoms. The third kappa shape index (κ3) is 5.98. The molecule has 0 amide bonds. The van der Waals surface area contributed by atoms with E-state index in [4.69, 9.17) is 0 Å². The van der Waals surface area contributed by atoms with Gasteiger partial charge >= 0.3 is 0 Å². The summed E-state index contributed by atoms with van der Waals surface area (Å²) in [4.78, 5) is 4.60. The number of fused-ring (bicyclic) bond motifs is 2. The molecule has 0 saturated heterocycles. The molecule has 3 aromatic rings. The van der Waals surface area contributed by atoms with Crippen LogP contribution in [0.25, 0.3) is 22.0 Å². The normalized spacial score (nSPS) is 24.4. The molecule has 2 fully saturated rings. The molecule has 2 saturated carbocycles. The molecule has 0 bridgehead atoms. The summed E-state index contributed by atoms with van der Waals surface area (Å²) in [7, 11) is 0. The van der Waals surface area contributed by atoms with Gasteiger partial charge in [0.2, 0.25) is 0 Å². The number of rotatable bonds is 6. The molecule has 221 valence electrons. The van der Waals surface area contributed by atoms with Crippen molar-refractivity contribution in [2.75, 3.05) is 0 Å². The zero-order valence-electron chi connectivity index (χ0n) is 25.8. The summed E-state index contributed by atoms with van der Waals surface area (Å²) in [5.74, 6) is 1.21. The minimum absolute atomic E-state index is 0. The zero-order chi connectivity index (χ0) is 28.5. The maximum Gasteiger partial charge on any atom is 0.0651 e. The van der Waals surface area contributed by atoms with Gasteiger partial charge in [-0.25, -0.2) is 0 Å². The van der Waals surface area contributed by atoms with Crippen molar-refractivity contribution < 1.29 is 30.3 Å². The monoisotopic (exact) mass is 721 g/mol. The topological polar surface area (TPSA) is 53.4 Å². The fourth-order valence-corrected chi connectivity index (χ4v) is 7.84. The van der Waals surface area contributed by atoms with Crippen LogP contribution in [-0.4, -0.2) is 27.4 Å². The molecule has 2 aromatic carbocycles. The van der Waals surface area contributed by atoms with E-state index in [1.807, 2.05) is 6.20 Å². The van der Waals surface area contributed by atoms with Crippen molar-refractivity contribution in [3.63, 3.8) is 0 Å². The van der Waals surface area contributed by atoms with Crippen LogP contribution < -0.4 is 0 Å². The summed E-state index contributed by atoms with van der Waals surface area (Å²) in [6, 6.07) is 16.5. The van der Waals surface area contributed by atoms with Gasteiger partial charge in [0, 0.05) is 32.2 Å². The summed E-state index contributed by atoms with van der Waals surface area (Å²) in [5.41, 5.74) is 6.02. The largest absolute Gasteiger partial charge is 0.392 e. The SMILES string of the molecule is CCC1(CC)CC2CC(CC)(CC)C(O)C2C1O.Cc1[c-]c(-c2nccc3cc(C(C)C)ccc23)cc(C)c1.[Ir]. The van der Waals surface area contributed by atoms with Crippen molar-refractivity contribution in [3.8, 4) is 11.3 Å². The number of aliphatic hydroxyl groups excluding tert-OH is 2. The molecular formula is C36H50IrNO2-. The van der Waals surface area contributed by atoms with Crippen LogP contribution >= 0.6 is 0 Å². The molecule has 2 aliphatic carbocycles. The minimum atomic E-state index is -0.299. The fourth-order valence-electron chi connectivity index (χ4n) is 7.84. The molecule has 5 rings (SSSR count). The summed E-state index contributed by atoms with van der Waals surface area (Å²) in [6.07, 6.45) is 7.68. The van der Waals surface area contributed by atoms with Crippen LogP contribution in [0.3, 0.4) is 0 Å². The number of pyridine rings is 1. The van der Waals surface area contributed by atoms with Gasteiger partial charge in [-0.2, -0.15) is 0 Å². The fraction of sp³-hybridized carbons (Fsp3) is 0.583. The second-order valence-corrected chi connectivity index (χ2v) is 12.8. The van der Waals surface area contributed by atoms with Crippen LogP contribution in [0.15, 0.2) is 42.6 Å².